The van der Waals surface area contributed by atoms with Crippen LogP contribution < -0.4 is 0 Å². The quantitative estimate of drug-likeness (QED) is 0.795. The third-order valence-electron chi connectivity index (χ3n) is 3.46. The normalized spacial score (nSPS) is 13.2. The summed E-state index contributed by atoms with van der Waals surface area (Å²) in [5, 5.41) is 10.3. The molecule has 0 aliphatic carbocycles. The fraction of sp³-hybridized carbons (Fsp3) is 0.571. The van der Waals surface area contributed by atoms with Crippen molar-refractivity contribution < 1.29 is 5.11 Å². The van der Waals surface area contributed by atoms with Crippen molar-refractivity contribution in [1.82, 2.24) is 0 Å². The number of aliphatic hydroxyl groups is 1. The smallest absolute Gasteiger partial charge is 0.0820 e. The van der Waals surface area contributed by atoms with Gasteiger partial charge in [0.05, 0.1) is 6.10 Å². The zero-order valence-electron chi connectivity index (χ0n) is 10.2. The van der Waals surface area contributed by atoms with E-state index in [1.807, 2.05) is 12.1 Å². The summed E-state index contributed by atoms with van der Waals surface area (Å²) in [6.07, 6.45) is 1.76. The molecule has 1 atom stereocenters. The van der Waals surface area contributed by atoms with E-state index in [2.05, 4.69) is 33.8 Å². The van der Waals surface area contributed by atoms with Gasteiger partial charge in [-0.15, -0.1) is 0 Å². The number of hydrogen-bond donors (Lipinski definition) is 1. The largest absolute Gasteiger partial charge is 0.388 e. The molecule has 84 valence electrons. The highest BCUT2D eigenvalue weighted by Crippen LogP contribution is 2.30. The molecule has 1 heteroatoms. The van der Waals surface area contributed by atoms with Crippen molar-refractivity contribution in [3.05, 3.63) is 34.9 Å². The minimum absolute atomic E-state index is 0.306. The summed E-state index contributed by atoms with van der Waals surface area (Å²) in [5.41, 5.74) is 3.60. The van der Waals surface area contributed by atoms with Crippen LogP contribution >= 0.6 is 0 Å². The minimum atomic E-state index is -0.306. The van der Waals surface area contributed by atoms with Crippen LogP contribution in [0, 0.1) is 19.8 Å². The molecule has 1 aromatic carbocycles. The standard InChI is InChI=1S/C14H22O/c1-5-12(6-2)14(15)13-9-7-8-10(3)11(13)4/h7-9,12,14-15H,5-6H2,1-4H3. The highest BCUT2D eigenvalue weighted by atomic mass is 16.3. The zero-order chi connectivity index (χ0) is 11.4. The fourth-order valence-electron chi connectivity index (χ4n) is 2.08. The molecule has 0 bridgehead atoms. The Morgan fingerprint density at radius 3 is 2.27 bits per heavy atom. The van der Waals surface area contributed by atoms with E-state index in [-0.39, 0.29) is 6.10 Å². The lowest BCUT2D eigenvalue weighted by Crippen LogP contribution is -2.12. The minimum Gasteiger partial charge on any atom is -0.388 e. The molecule has 1 nitrogen and oxygen atoms in total. The predicted octanol–water partition coefficient (Wildman–Crippen LogP) is 3.77. The Hall–Kier alpha value is -0.820. The Morgan fingerprint density at radius 1 is 1.13 bits per heavy atom. The zero-order valence-corrected chi connectivity index (χ0v) is 10.2. The molecule has 0 aromatic heterocycles. The van der Waals surface area contributed by atoms with Crippen molar-refractivity contribution in [3.8, 4) is 0 Å². The number of benzene rings is 1. The van der Waals surface area contributed by atoms with E-state index in [1.165, 1.54) is 11.1 Å². The van der Waals surface area contributed by atoms with Crippen molar-refractivity contribution >= 4 is 0 Å². The van der Waals surface area contributed by atoms with E-state index in [0.29, 0.717) is 5.92 Å². The van der Waals surface area contributed by atoms with Gasteiger partial charge in [-0.05, 0) is 36.5 Å². The van der Waals surface area contributed by atoms with Crippen molar-refractivity contribution in [2.24, 2.45) is 5.92 Å². The van der Waals surface area contributed by atoms with Crippen LogP contribution in [0.4, 0.5) is 0 Å². The molecule has 0 aliphatic rings. The van der Waals surface area contributed by atoms with E-state index in [4.69, 9.17) is 0 Å². The van der Waals surface area contributed by atoms with Crippen LogP contribution in [-0.4, -0.2) is 5.11 Å². The Kier molecular flexibility index (Phi) is 4.34. The molecule has 0 saturated heterocycles. The van der Waals surface area contributed by atoms with Crippen molar-refractivity contribution in [1.29, 1.82) is 0 Å². The molecule has 1 aromatic rings. The van der Waals surface area contributed by atoms with Crippen LogP contribution in [0.25, 0.3) is 0 Å². The summed E-state index contributed by atoms with van der Waals surface area (Å²) in [7, 11) is 0. The van der Waals surface area contributed by atoms with Gasteiger partial charge < -0.3 is 5.11 Å². The summed E-state index contributed by atoms with van der Waals surface area (Å²) in [6.45, 7) is 8.47. The summed E-state index contributed by atoms with van der Waals surface area (Å²) < 4.78 is 0. The monoisotopic (exact) mass is 206 g/mol. The molecule has 0 saturated carbocycles. The molecule has 1 rings (SSSR count). The topological polar surface area (TPSA) is 20.2 Å². The van der Waals surface area contributed by atoms with Crippen molar-refractivity contribution in [2.45, 2.75) is 46.6 Å². The first kappa shape index (κ1) is 12.3. The SMILES string of the molecule is CCC(CC)C(O)c1cccc(C)c1C. The third kappa shape index (κ3) is 2.60. The number of rotatable bonds is 4. The predicted molar refractivity (Wildman–Crippen MR) is 64.9 cm³/mol. The maximum atomic E-state index is 10.3. The van der Waals surface area contributed by atoms with Crippen molar-refractivity contribution in [2.75, 3.05) is 0 Å². The number of aliphatic hydroxyl groups excluding tert-OH is 1. The Bertz CT molecular complexity index is 313. The second-order valence-electron chi connectivity index (χ2n) is 4.31. The van der Waals surface area contributed by atoms with E-state index in [0.717, 1.165) is 18.4 Å². The van der Waals surface area contributed by atoms with Gasteiger partial charge in [-0.1, -0.05) is 44.9 Å². The van der Waals surface area contributed by atoms with Crippen LogP contribution in [0.15, 0.2) is 18.2 Å². The van der Waals surface area contributed by atoms with Gasteiger partial charge >= 0.3 is 0 Å². The van der Waals surface area contributed by atoms with Crippen LogP contribution in [0.5, 0.6) is 0 Å². The summed E-state index contributed by atoms with van der Waals surface area (Å²) in [4.78, 5) is 0. The molecule has 0 aliphatic heterocycles. The first-order chi connectivity index (χ1) is 7.11. The molecule has 15 heavy (non-hydrogen) atoms. The second kappa shape index (κ2) is 5.32. The maximum Gasteiger partial charge on any atom is 0.0820 e. The van der Waals surface area contributed by atoms with Gasteiger partial charge in [0.15, 0.2) is 0 Å². The molecular formula is C14H22O. The first-order valence-electron chi connectivity index (χ1n) is 5.85. The average molecular weight is 206 g/mol. The lowest BCUT2D eigenvalue weighted by molar-refractivity contribution is 0.103. The molecular weight excluding hydrogens is 184 g/mol. The van der Waals surface area contributed by atoms with Gasteiger partial charge in [0, 0.05) is 0 Å². The summed E-state index contributed by atoms with van der Waals surface area (Å²) in [5.74, 6) is 0.380. The highest BCUT2D eigenvalue weighted by Gasteiger charge is 2.19. The van der Waals surface area contributed by atoms with Gasteiger partial charge in [-0.25, -0.2) is 0 Å². The summed E-state index contributed by atoms with van der Waals surface area (Å²) >= 11 is 0. The van der Waals surface area contributed by atoms with Crippen LogP contribution in [-0.2, 0) is 0 Å². The molecule has 0 fully saturated rings. The van der Waals surface area contributed by atoms with Gasteiger partial charge in [-0.3, -0.25) is 0 Å². The van der Waals surface area contributed by atoms with Crippen LogP contribution in [0.1, 0.15) is 49.5 Å². The van der Waals surface area contributed by atoms with Gasteiger partial charge in [0.2, 0.25) is 0 Å². The second-order valence-corrected chi connectivity index (χ2v) is 4.31. The first-order valence-corrected chi connectivity index (χ1v) is 5.85. The number of aryl methyl sites for hydroxylation is 1. The van der Waals surface area contributed by atoms with Crippen LogP contribution in [0.3, 0.4) is 0 Å². The lowest BCUT2D eigenvalue weighted by atomic mass is 9.88. The average Bonchev–Trinajstić information content (AvgIpc) is 2.23. The molecule has 0 spiro atoms. The molecule has 1 N–H and O–H groups in total. The fourth-order valence-corrected chi connectivity index (χ4v) is 2.08. The molecule has 0 heterocycles. The van der Waals surface area contributed by atoms with E-state index < -0.39 is 0 Å². The Labute approximate surface area is 93.1 Å². The van der Waals surface area contributed by atoms with Gasteiger partial charge in [-0.2, -0.15) is 0 Å². The maximum absolute atomic E-state index is 10.3. The molecule has 0 amide bonds. The van der Waals surface area contributed by atoms with E-state index in [9.17, 15) is 5.11 Å². The Morgan fingerprint density at radius 2 is 1.73 bits per heavy atom. The van der Waals surface area contributed by atoms with Gasteiger partial charge in [0.25, 0.3) is 0 Å². The molecule has 1 unspecified atom stereocenters. The third-order valence-corrected chi connectivity index (χ3v) is 3.46. The van der Waals surface area contributed by atoms with Crippen molar-refractivity contribution in [3.63, 3.8) is 0 Å². The van der Waals surface area contributed by atoms with Crippen LogP contribution in [0.2, 0.25) is 0 Å². The number of hydrogen-bond acceptors (Lipinski definition) is 1. The highest BCUT2D eigenvalue weighted by molar-refractivity contribution is 5.34. The molecule has 0 radical (unpaired) electrons. The lowest BCUT2D eigenvalue weighted by Gasteiger charge is -2.22. The van der Waals surface area contributed by atoms with E-state index in [1.54, 1.807) is 0 Å². The summed E-state index contributed by atoms with van der Waals surface area (Å²) in [6, 6.07) is 6.17. The van der Waals surface area contributed by atoms with E-state index >= 15 is 0 Å². The Balaban J connectivity index is 2.99. The van der Waals surface area contributed by atoms with Gasteiger partial charge in [0.1, 0.15) is 0 Å².